The quantitative estimate of drug-likeness (QED) is 0.775. The molecule has 0 aromatic heterocycles. The summed E-state index contributed by atoms with van der Waals surface area (Å²) in [7, 11) is 4.14. The van der Waals surface area contributed by atoms with Crippen LogP contribution >= 0.6 is 0 Å². The molecule has 0 spiro atoms. The van der Waals surface area contributed by atoms with Crippen LogP contribution in [-0.4, -0.2) is 60.8 Å². The Labute approximate surface area is 111 Å². The van der Waals surface area contributed by atoms with E-state index >= 15 is 0 Å². The lowest BCUT2D eigenvalue weighted by molar-refractivity contribution is 0.169. The highest BCUT2D eigenvalue weighted by Gasteiger charge is 2.31. The fourth-order valence-corrected chi connectivity index (χ4v) is 2.62. The first-order valence-electron chi connectivity index (χ1n) is 6.82. The van der Waals surface area contributed by atoms with Crippen LogP contribution in [0.2, 0.25) is 0 Å². The number of aliphatic hydroxyl groups excluding tert-OH is 1. The predicted octanol–water partition coefficient (Wildman–Crippen LogP) is 1.31. The largest absolute Gasteiger partial charge is 0.392 e. The van der Waals surface area contributed by atoms with Crippen molar-refractivity contribution < 1.29 is 5.11 Å². The third kappa shape index (κ3) is 4.93. The molecular weight excluding hydrogens is 226 g/mol. The first-order valence-corrected chi connectivity index (χ1v) is 6.82. The molecule has 1 saturated heterocycles. The molecule has 0 aromatic rings. The van der Waals surface area contributed by atoms with Gasteiger partial charge in [0, 0.05) is 19.1 Å². The SMILES string of the molecule is CN(C)CC1CC(O)CN1CCCC(C)(C)C#N. The lowest BCUT2D eigenvalue weighted by atomic mass is 9.90. The van der Waals surface area contributed by atoms with Gasteiger partial charge in [-0.1, -0.05) is 0 Å². The van der Waals surface area contributed by atoms with Gasteiger partial charge in [0.15, 0.2) is 0 Å². The maximum Gasteiger partial charge on any atom is 0.0683 e. The summed E-state index contributed by atoms with van der Waals surface area (Å²) in [6.07, 6.45) is 2.64. The minimum Gasteiger partial charge on any atom is -0.392 e. The van der Waals surface area contributed by atoms with Gasteiger partial charge in [0.1, 0.15) is 0 Å². The van der Waals surface area contributed by atoms with E-state index in [9.17, 15) is 5.11 Å². The summed E-state index contributed by atoms with van der Waals surface area (Å²) in [6, 6.07) is 2.80. The smallest absolute Gasteiger partial charge is 0.0683 e. The van der Waals surface area contributed by atoms with Crippen molar-refractivity contribution >= 4 is 0 Å². The average molecular weight is 253 g/mol. The van der Waals surface area contributed by atoms with Crippen molar-refractivity contribution in [2.45, 2.75) is 45.3 Å². The van der Waals surface area contributed by atoms with Crippen molar-refractivity contribution in [1.29, 1.82) is 5.26 Å². The molecule has 18 heavy (non-hydrogen) atoms. The molecule has 1 fully saturated rings. The normalized spacial score (nSPS) is 25.6. The van der Waals surface area contributed by atoms with Crippen LogP contribution in [0.5, 0.6) is 0 Å². The van der Waals surface area contributed by atoms with E-state index in [-0.39, 0.29) is 11.5 Å². The molecule has 0 aromatic carbocycles. The summed E-state index contributed by atoms with van der Waals surface area (Å²) in [5.74, 6) is 0. The number of likely N-dealkylation sites (N-methyl/N-ethyl adjacent to an activating group) is 1. The average Bonchev–Trinajstić information content (AvgIpc) is 2.58. The molecule has 0 amide bonds. The standard InChI is InChI=1S/C14H27N3O/c1-14(2,11-15)6-5-7-17-10-13(18)8-12(17)9-16(3)4/h12-13,18H,5-10H2,1-4H3. The molecule has 4 heteroatoms. The lowest BCUT2D eigenvalue weighted by Gasteiger charge is -2.27. The number of hydrogen-bond acceptors (Lipinski definition) is 4. The number of likely N-dealkylation sites (tertiary alicyclic amines) is 1. The zero-order chi connectivity index (χ0) is 13.8. The molecule has 104 valence electrons. The number of aliphatic hydroxyl groups is 1. The van der Waals surface area contributed by atoms with E-state index in [0.29, 0.717) is 6.04 Å². The van der Waals surface area contributed by atoms with E-state index < -0.39 is 0 Å². The van der Waals surface area contributed by atoms with Gasteiger partial charge in [-0.3, -0.25) is 4.90 Å². The second-order valence-corrected chi connectivity index (χ2v) is 6.40. The minimum absolute atomic E-state index is 0.182. The van der Waals surface area contributed by atoms with Crippen LogP contribution in [0, 0.1) is 16.7 Å². The van der Waals surface area contributed by atoms with Gasteiger partial charge in [0.05, 0.1) is 17.6 Å². The summed E-state index contributed by atoms with van der Waals surface area (Å²) in [6.45, 7) is 6.75. The van der Waals surface area contributed by atoms with E-state index in [1.54, 1.807) is 0 Å². The van der Waals surface area contributed by atoms with Gasteiger partial charge in [-0.05, 0) is 53.8 Å². The fourth-order valence-electron chi connectivity index (χ4n) is 2.62. The number of rotatable bonds is 6. The number of β-amino-alcohol motifs (C(OH)–C–C–N with tert-alkyl or cyclic N) is 1. The molecule has 1 N–H and O–H groups in total. The topological polar surface area (TPSA) is 50.5 Å². The number of hydrogen-bond donors (Lipinski definition) is 1. The molecule has 2 atom stereocenters. The van der Waals surface area contributed by atoms with Crippen molar-refractivity contribution in [1.82, 2.24) is 9.80 Å². The van der Waals surface area contributed by atoms with Crippen LogP contribution in [0.3, 0.4) is 0 Å². The maximum atomic E-state index is 9.78. The van der Waals surface area contributed by atoms with Crippen molar-refractivity contribution in [3.05, 3.63) is 0 Å². The van der Waals surface area contributed by atoms with Gasteiger partial charge in [0.2, 0.25) is 0 Å². The Morgan fingerprint density at radius 3 is 2.67 bits per heavy atom. The maximum absolute atomic E-state index is 9.78. The van der Waals surface area contributed by atoms with Crippen molar-refractivity contribution in [2.75, 3.05) is 33.7 Å². The molecule has 1 rings (SSSR count). The zero-order valence-electron chi connectivity index (χ0n) is 12.2. The molecule has 1 aliphatic heterocycles. The molecule has 1 aliphatic rings. The third-order valence-corrected chi connectivity index (χ3v) is 3.63. The van der Waals surface area contributed by atoms with Crippen LogP contribution < -0.4 is 0 Å². The van der Waals surface area contributed by atoms with E-state index in [1.807, 2.05) is 13.8 Å². The van der Waals surface area contributed by atoms with Crippen LogP contribution in [-0.2, 0) is 0 Å². The van der Waals surface area contributed by atoms with E-state index in [1.165, 1.54) is 0 Å². The molecule has 0 aliphatic carbocycles. The summed E-state index contributed by atoms with van der Waals surface area (Å²) in [5.41, 5.74) is -0.227. The summed E-state index contributed by atoms with van der Waals surface area (Å²) >= 11 is 0. The number of nitriles is 1. The van der Waals surface area contributed by atoms with E-state index in [2.05, 4.69) is 30.0 Å². The number of nitrogens with zero attached hydrogens (tertiary/aromatic N) is 3. The molecule has 0 bridgehead atoms. The Kier molecular flexibility index (Phi) is 5.58. The molecule has 0 radical (unpaired) electrons. The van der Waals surface area contributed by atoms with Gasteiger partial charge >= 0.3 is 0 Å². The van der Waals surface area contributed by atoms with Crippen molar-refractivity contribution in [2.24, 2.45) is 5.41 Å². The van der Waals surface area contributed by atoms with Crippen molar-refractivity contribution in [3.63, 3.8) is 0 Å². The van der Waals surface area contributed by atoms with E-state index in [0.717, 1.165) is 38.9 Å². The van der Waals surface area contributed by atoms with Gasteiger partial charge in [-0.25, -0.2) is 0 Å². The lowest BCUT2D eigenvalue weighted by Crippen LogP contribution is -2.38. The highest BCUT2D eigenvalue weighted by Crippen LogP contribution is 2.23. The highest BCUT2D eigenvalue weighted by atomic mass is 16.3. The second-order valence-electron chi connectivity index (χ2n) is 6.40. The molecule has 1 heterocycles. The predicted molar refractivity (Wildman–Crippen MR) is 73.2 cm³/mol. The van der Waals surface area contributed by atoms with Crippen LogP contribution in [0.25, 0.3) is 0 Å². The summed E-state index contributed by atoms with van der Waals surface area (Å²) in [5, 5.41) is 18.8. The van der Waals surface area contributed by atoms with E-state index in [4.69, 9.17) is 5.26 Å². The fraction of sp³-hybridized carbons (Fsp3) is 0.929. The first kappa shape index (κ1) is 15.4. The van der Waals surface area contributed by atoms with Gasteiger partial charge in [-0.15, -0.1) is 0 Å². The van der Waals surface area contributed by atoms with Crippen LogP contribution in [0.1, 0.15) is 33.1 Å². The summed E-state index contributed by atoms with van der Waals surface area (Å²) < 4.78 is 0. The molecule has 0 saturated carbocycles. The molecular formula is C14H27N3O. The van der Waals surface area contributed by atoms with Gasteiger partial charge in [0.25, 0.3) is 0 Å². The highest BCUT2D eigenvalue weighted by molar-refractivity contribution is 4.92. The minimum atomic E-state index is -0.227. The Morgan fingerprint density at radius 1 is 1.44 bits per heavy atom. The first-order chi connectivity index (χ1) is 8.34. The third-order valence-electron chi connectivity index (χ3n) is 3.63. The summed E-state index contributed by atoms with van der Waals surface area (Å²) in [4.78, 5) is 4.55. The zero-order valence-corrected chi connectivity index (χ0v) is 12.2. The van der Waals surface area contributed by atoms with Crippen LogP contribution in [0.4, 0.5) is 0 Å². The van der Waals surface area contributed by atoms with Crippen molar-refractivity contribution in [3.8, 4) is 6.07 Å². The molecule has 4 nitrogen and oxygen atoms in total. The second kappa shape index (κ2) is 6.51. The Bertz CT molecular complexity index is 296. The Morgan fingerprint density at radius 2 is 2.11 bits per heavy atom. The van der Waals surface area contributed by atoms with Gasteiger partial charge in [-0.2, -0.15) is 5.26 Å². The van der Waals surface area contributed by atoms with Crippen LogP contribution in [0.15, 0.2) is 0 Å². The Balaban J connectivity index is 2.38. The van der Waals surface area contributed by atoms with Gasteiger partial charge < -0.3 is 10.0 Å². The monoisotopic (exact) mass is 253 g/mol. The molecule has 2 unspecified atom stereocenters. The Hall–Kier alpha value is -0.630.